The van der Waals surface area contributed by atoms with Crippen LogP contribution >= 0.6 is 0 Å². The Balaban J connectivity index is 1.87. The number of nitrogen functional groups attached to an aromatic ring is 1. The third-order valence-electron chi connectivity index (χ3n) is 3.69. The van der Waals surface area contributed by atoms with E-state index in [0.29, 0.717) is 18.3 Å². The molecule has 3 nitrogen and oxygen atoms in total. The molecule has 0 amide bonds. The topological polar surface area (TPSA) is 47.3 Å². The fourth-order valence-corrected chi connectivity index (χ4v) is 2.44. The summed E-state index contributed by atoms with van der Waals surface area (Å²) in [4.78, 5) is 0. The van der Waals surface area contributed by atoms with E-state index >= 15 is 0 Å². The molecule has 0 bridgehead atoms. The van der Waals surface area contributed by atoms with Gasteiger partial charge in [-0.25, -0.2) is 0 Å². The van der Waals surface area contributed by atoms with E-state index in [2.05, 4.69) is 49.5 Å². The maximum absolute atomic E-state index is 6.02. The van der Waals surface area contributed by atoms with Crippen LogP contribution in [0.1, 0.15) is 30.5 Å². The molecule has 0 aliphatic carbocycles. The fourth-order valence-electron chi connectivity index (χ4n) is 2.44. The molecule has 118 valence electrons. The largest absolute Gasteiger partial charge is 0.492 e. The highest BCUT2D eigenvalue weighted by molar-refractivity contribution is 5.54. The Morgan fingerprint density at radius 2 is 1.77 bits per heavy atom. The zero-order valence-electron chi connectivity index (χ0n) is 13.7. The molecule has 1 unspecified atom stereocenters. The summed E-state index contributed by atoms with van der Waals surface area (Å²) in [5.41, 5.74) is 10.6. The van der Waals surface area contributed by atoms with Crippen molar-refractivity contribution < 1.29 is 4.74 Å². The van der Waals surface area contributed by atoms with Crippen molar-refractivity contribution in [3.63, 3.8) is 0 Å². The van der Waals surface area contributed by atoms with Crippen LogP contribution < -0.4 is 15.8 Å². The molecule has 0 saturated carbocycles. The molecule has 22 heavy (non-hydrogen) atoms. The van der Waals surface area contributed by atoms with Gasteiger partial charge in [-0.2, -0.15) is 0 Å². The van der Waals surface area contributed by atoms with Crippen LogP contribution in [0.15, 0.2) is 42.5 Å². The normalized spacial score (nSPS) is 12.1. The molecule has 0 aliphatic heterocycles. The van der Waals surface area contributed by atoms with Gasteiger partial charge >= 0.3 is 0 Å². The standard InChI is InChI=1S/C19H26N2O/c1-4-22-19-10-9-17(12-18(19)20)11-15(3)21-13-16-7-5-14(2)6-8-16/h5-10,12,15,21H,4,11,13,20H2,1-3H3. The monoisotopic (exact) mass is 298 g/mol. The molecule has 0 radical (unpaired) electrons. The van der Waals surface area contributed by atoms with Gasteiger partial charge in [0.15, 0.2) is 0 Å². The van der Waals surface area contributed by atoms with Crippen molar-refractivity contribution in [2.45, 2.75) is 39.8 Å². The summed E-state index contributed by atoms with van der Waals surface area (Å²) in [7, 11) is 0. The van der Waals surface area contributed by atoms with Gasteiger partial charge in [0, 0.05) is 12.6 Å². The number of aryl methyl sites for hydroxylation is 1. The first-order valence-electron chi connectivity index (χ1n) is 7.88. The smallest absolute Gasteiger partial charge is 0.142 e. The van der Waals surface area contributed by atoms with Crippen LogP contribution in [0, 0.1) is 6.92 Å². The Morgan fingerprint density at radius 1 is 1.09 bits per heavy atom. The molecule has 0 fully saturated rings. The lowest BCUT2D eigenvalue weighted by atomic mass is 10.1. The second-order valence-corrected chi connectivity index (χ2v) is 5.78. The van der Waals surface area contributed by atoms with E-state index in [4.69, 9.17) is 10.5 Å². The third-order valence-corrected chi connectivity index (χ3v) is 3.69. The number of benzene rings is 2. The average Bonchev–Trinajstić information content (AvgIpc) is 2.50. The predicted molar refractivity (Wildman–Crippen MR) is 93.2 cm³/mol. The molecule has 0 spiro atoms. The lowest BCUT2D eigenvalue weighted by Crippen LogP contribution is -2.27. The van der Waals surface area contributed by atoms with E-state index < -0.39 is 0 Å². The molecule has 0 aromatic heterocycles. The van der Waals surface area contributed by atoms with Gasteiger partial charge in [0.1, 0.15) is 5.75 Å². The number of nitrogens with two attached hydrogens (primary N) is 1. The minimum Gasteiger partial charge on any atom is -0.492 e. The van der Waals surface area contributed by atoms with E-state index in [-0.39, 0.29) is 0 Å². The van der Waals surface area contributed by atoms with E-state index in [9.17, 15) is 0 Å². The molecule has 0 aliphatic rings. The molecular formula is C19H26N2O. The molecule has 0 saturated heterocycles. The van der Waals surface area contributed by atoms with Gasteiger partial charge in [-0.3, -0.25) is 0 Å². The predicted octanol–water partition coefficient (Wildman–Crippen LogP) is 3.70. The second kappa shape index (κ2) is 7.85. The zero-order chi connectivity index (χ0) is 15.9. The van der Waals surface area contributed by atoms with Crippen LogP contribution in [-0.2, 0) is 13.0 Å². The highest BCUT2D eigenvalue weighted by Crippen LogP contribution is 2.23. The van der Waals surface area contributed by atoms with Crippen molar-refractivity contribution in [2.75, 3.05) is 12.3 Å². The van der Waals surface area contributed by atoms with Crippen LogP contribution in [-0.4, -0.2) is 12.6 Å². The lowest BCUT2D eigenvalue weighted by Gasteiger charge is -2.15. The SMILES string of the molecule is CCOc1ccc(CC(C)NCc2ccc(C)cc2)cc1N. The molecule has 2 rings (SSSR count). The third kappa shape index (κ3) is 4.78. The Bertz CT molecular complexity index is 593. The maximum atomic E-state index is 6.02. The van der Waals surface area contributed by atoms with Crippen molar-refractivity contribution >= 4 is 5.69 Å². The van der Waals surface area contributed by atoms with Gasteiger partial charge in [0.25, 0.3) is 0 Å². The Labute approximate surface area is 133 Å². The lowest BCUT2D eigenvalue weighted by molar-refractivity contribution is 0.342. The van der Waals surface area contributed by atoms with Gasteiger partial charge in [0.05, 0.1) is 12.3 Å². The summed E-state index contributed by atoms with van der Waals surface area (Å²) < 4.78 is 5.47. The van der Waals surface area contributed by atoms with Crippen LogP contribution in [0.4, 0.5) is 5.69 Å². The van der Waals surface area contributed by atoms with E-state index in [1.807, 2.05) is 19.1 Å². The number of nitrogens with one attached hydrogen (secondary N) is 1. The number of ether oxygens (including phenoxy) is 1. The molecule has 2 aromatic carbocycles. The second-order valence-electron chi connectivity index (χ2n) is 5.78. The average molecular weight is 298 g/mol. The molecule has 2 aromatic rings. The maximum Gasteiger partial charge on any atom is 0.142 e. The first-order chi connectivity index (χ1) is 10.6. The highest BCUT2D eigenvalue weighted by Gasteiger charge is 2.06. The number of hydrogen-bond donors (Lipinski definition) is 2. The zero-order valence-corrected chi connectivity index (χ0v) is 13.7. The van der Waals surface area contributed by atoms with E-state index in [1.165, 1.54) is 16.7 Å². The summed E-state index contributed by atoms with van der Waals surface area (Å²) in [6, 6.07) is 15.1. The minimum atomic E-state index is 0.388. The summed E-state index contributed by atoms with van der Waals surface area (Å²) in [6.45, 7) is 7.79. The van der Waals surface area contributed by atoms with E-state index in [0.717, 1.165) is 18.7 Å². The minimum absolute atomic E-state index is 0.388. The van der Waals surface area contributed by atoms with Crippen LogP contribution in [0.5, 0.6) is 5.75 Å². The first-order valence-corrected chi connectivity index (χ1v) is 7.88. The van der Waals surface area contributed by atoms with Crippen molar-refractivity contribution in [2.24, 2.45) is 0 Å². The molecule has 0 heterocycles. The van der Waals surface area contributed by atoms with Gasteiger partial charge < -0.3 is 15.8 Å². The van der Waals surface area contributed by atoms with Crippen molar-refractivity contribution in [3.05, 3.63) is 59.2 Å². The number of rotatable bonds is 7. The summed E-state index contributed by atoms with van der Waals surface area (Å²) in [5.74, 6) is 0.770. The molecule has 1 atom stereocenters. The molecular weight excluding hydrogens is 272 g/mol. The van der Waals surface area contributed by atoms with Crippen molar-refractivity contribution in [1.29, 1.82) is 0 Å². The Morgan fingerprint density at radius 3 is 2.41 bits per heavy atom. The van der Waals surface area contributed by atoms with Crippen LogP contribution in [0.25, 0.3) is 0 Å². The fraction of sp³-hybridized carbons (Fsp3) is 0.368. The van der Waals surface area contributed by atoms with Crippen molar-refractivity contribution in [3.8, 4) is 5.75 Å². The molecule has 3 N–H and O–H groups in total. The van der Waals surface area contributed by atoms with Gasteiger partial charge in [-0.05, 0) is 50.5 Å². The number of anilines is 1. The first kappa shape index (κ1) is 16.4. The number of hydrogen-bond acceptors (Lipinski definition) is 3. The van der Waals surface area contributed by atoms with Crippen molar-refractivity contribution in [1.82, 2.24) is 5.32 Å². The summed E-state index contributed by atoms with van der Waals surface area (Å²) in [6.07, 6.45) is 0.947. The quantitative estimate of drug-likeness (QED) is 0.766. The van der Waals surface area contributed by atoms with E-state index in [1.54, 1.807) is 0 Å². The van der Waals surface area contributed by atoms with Crippen LogP contribution in [0.3, 0.4) is 0 Å². The van der Waals surface area contributed by atoms with Gasteiger partial charge in [0.2, 0.25) is 0 Å². The van der Waals surface area contributed by atoms with Crippen LogP contribution in [0.2, 0.25) is 0 Å². The van der Waals surface area contributed by atoms with Gasteiger partial charge in [-0.15, -0.1) is 0 Å². The highest BCUT2D eigenvalue weighted by atomic mass is 16.5. The summed E-state index contributed by atoms with van der Waals surface area (Å²) in [5, 5.41) is 3.55. The summed E-state index contributed by atoms with van der Waals surface area (Å²) >= 11 is 0. The Kier molecular flexibility index (Phi) is 5.84. The molecule has 3 heteroatoms. The van der Waals surface area contributed by atoms with Gasteiger partial charge in [-0.1, -0.05) is 35.9 Å². The Hall–Kier alpha value is -2.00.